The lowest BCUT2D eigenvalue weighted by Crippen LogP contribution is -2.54. The predicted molar refractivity (Wildman–Crippen MR) is 94.8 cm³/mol. The van der Waals surface area contributed by atoms with E-state index in [1.165, 1.54) is 44.4 Å². The number of guanidine groups is 1. The lowest BCUT2D eigenvalue weighted by molar-refractivity contribution is -0.0946. The highest BCUT2D eigenvalue weighted by Gasteiger charge is 2.38. The van der Waals surface area contributed by atoms with E-state index < -0.39 is 0 Å². The van der Waals surface area contributed by atoms with Crippen LogP contribution in [-0.2, 0) is 4.74 Å². The first-order valence-electron chi connectivity index (χ1n) is 8.90. The zero-order valence-electron chi connectivity index (χ0n) is 14.2. The summed E-state index contributed by atoms with van der Waals surface area (Å²) in [5, 5.41) is 3.52. The van der Waals surface area contributed by atoms with Crippen molar-refractivity contribution in [1.29, 1.82) is 0 Å². The van der Waals surface area contributed by atoms with E-state index in [1.54, 1.807) is 0 Å². The summed E-state index contributed by atoms with van der Waals surface area (Å²) >= 11 is 2.22. The topological polar surface area (TPSA) is 36.9 Å². The van der Waals surface area contributed by atoms with Crippen molar-refractivity contribution < 1.29 is 4.74 Å². The fourth-order valence-electron chi connectivity index (χ4n) is 3.76. The summed E-state index contributed by atoms with van der Waals surface area (Å²) in [5.41, 5.74) is 0.258. The van der Waals surface area contributed by atoms with Crippen molar-refractivity contribution in [2.45, 2.75) is 50.7 Å². The highest BCUT2D eigenvalue weighted by Crippen LogP contribution is 2.42. The van der Waals surface area contributed by atoms with E-state index in [0.29, 0.717) is 4.75 Å². The third kappa shape index (κ3) is 3.73. The number of hydrogen-bond acceptors (Lipinski definition) is 3. The Morgan fingerprint density at radius 3 is 2.68 bits per heavy atom. The van der Waals surface area contributed by atoms with Crippen molar-refractivity contribution in [3.8, 4) is 0 Å². The number of aliphatic imine (C=N–C) groups is 1. The molecule has 0 radical (unpaired) electrons. The normalized spacial score (nSPS) is 27.5. The molecule has 3 aliphatic rings. The summed E-state index contributed by atoms with van der Waals surface area (Å²) < 4.78 is 5.86. The molecule has 2 saturated heterocycles. The molecule has 3 rings (SSSR count). The van der Waals surface area contributed by atoms with Crippen LogP contribution >= 0.6 is 11.8 Å². The molecule has 1 N–H and O–H groups in total. The smallest absolute Gasteiger partial charge is 0.194 e. The largest absolute Gasteiger partial charge is 0.380 e. The van der Waals surface area contributed by atoms with Crippen molar-refractivity contribution in [2.75, 3.05) is 45.1 Å². The fourth-order valence-corrected chi connectivity index (χ4v) is 5.33. The van der Waals surface area contributed by atoms with Gasteiger partial charge in [-0.2, -0.15) is 11.8 Å². The molecular weight excluding hydrogens is 294 g/mol. The minimum absolute atomic E-state index is 0.258. The van der Waals surface area contributed by atoms with Crippen LogP contribution in [0.3, 0.4) is 0 Å². The highest BCUT2D eigenvalue weighted by atomic mass is 32.2. The van der Waals surface area contributed by atoms with Gasteiger partial charge in [0, 0.05) is 35.5 Å². The number of ether oxygens (including phenoxy) is 1. The van der Waals surface area contributed by atoms with Gasteiger partial charge < -0.3 is 15.0 Å². The molecule has 0 aromatic carbocycles. The van der Waals surface area contributed by atoms with Crippen molar-refractivity contribution in [3.63, 3.8) is 0 Å². The van der Waals surface area contributed by atoms with Gasteiger partial charge in [-0.25, -0.2) is 0 Å². The third-order valence-corrected chi connectivity index (χ3v) is 6.70. The maximum atomic E-state index is 5.36. The van der Waals surface area contributed by atoms with Crippen LogP contribution in [0.25, 0.3) is 0 Å². The van der Waals surface area contributed by atoms with Gasteiger partial charge in [0.05, 0.1) is 19.8 Å². The number of thioether (sulfide) groups is 1. The van der Waals surface area contributed by atoms with E-state index in [2.05, 4.69) is 35.8 Å². The first-order valence-corrected chi connectivity index (χ1v) is 9.88. The molecule has 0 aromatic heterocycles. The van der Waals surface area contributed by atoms with Crippen LogP contribution in [0, 0.1) is 5.41 Å². The molecule has 4 nitrogen and oxygen atoms in total. The molecule has 1 aliphatic carbocycles. The standard InChI is InChI=1S/C17H31N3OS/c1-3-18-15(19-11-16(2)13-21-14-16)20-9-10-22-17(12-20)7-5-4-6-8-17/h3-14H2,1-2H3,(H,18,19). The maximum Gasteiger partial charge on any atom is 0.194 e. The molecule has 0 amide bonds. The summed E-state index contributed by atoms with van der Waals surface area (Å²) in [6.45, 7) is 10.3. The SMILES string of the molecule is CCNC(=NCC1(C)COC1)N1CCSC2(CCCCC2)C1. The average Bonchev–Trinajstić information content (AvgIpc) is 2.50. The van der Waals surface area contributed by atoms with Gasteiger partial charge >= 0.3 is 0 Å². The summed E-state index contributed by atoms with van der Waals surface area (Å²) in [4.78, 5) is 7.47. The second kappa shape index (κ2) is 7.00. The molecule has 2 heterocycles. The van der Waals surface area contributed by atoms with Gasteiger partial charge in [-0.05, 0) is 19.8 Å². The van der Waals surface area contributed by atoms with E-state index in [4.69, 9.17) is 9.73 Å². The molecule has 126 valence electrons. The first-order chi connectivity index (χ1) is 10.6. The molecule has 22 heavy (non-hydrogen) atoms. The molecule has 1 spiro atoms. The van der Waals surface area contributed by atoms with E-state index in [1.807, 2.05) is 0 Å². The second-order valence-electron chi connectivity index (χ2n) is 7.49. The van der Waals surface area contributed by atoms with E-state index in [0.717, 1.165) is 38.8 Å². The van der Waals surface area contributed by atoms with Crippen LogP contribution in [0.1, 0.15) is 46.0 Å². The third-order valence-electron chi connectivity index (χ3n) is 5.16. The second-order valence-corrected chi connectivity index (χ2v) is 9.05. The summed E-state index contributed by atoms with van der Waals surface area (Å²) in [6.07, 6.45) is 7.01. The summed E-state index contributed by atoms with van der Waals surface area (Å²) in [6, 6.07) is 0. The van der Waals surface area contributed by atoms with Gasteiger partial charge in [0.1, 0.15) is 0 Å². The van der Waals surface area contributed by atoms with Crippen molar-refractivity contribution in [3.05, 3.63) is 0 Å². The van der Waals surface area contributed by atoms with Gasteiger partial charge in [-0.15, -0.1) is 0 Å². The van der Waals surface area contributed by atoms with Gasteiger partial charge in [0.25, 0.3) is 0 Å². The number of nitrogens with one attached hydrogen (secondary N) is 1. The Balaban J connectivity index is 1.66. The Hall–Kier alpha value is -0.420. The van der Waals surface area contributed by atoms with Crippen molar-refractivity contribution in [1.82, 2.24) is 10.2 Å². The van der Waals surface area contributed by atoms with Gasteiger partial charge in [0.2, 0.25) is 0 Å². The number of hydrogen-bond donors (Lipinski definition) is 1. The van der Waals surface area contributed by atoms with Crippen LogP contribution in [0.4, 0.5) is 0 Å². The van der Waals surface area contributed by atoms with Crippen LogP contribution in [0.15, 0.2) is 4.99 Å². The van der Waals surface area contributed by atoms with Gasteiger partial charge in [-0.3, -0.25) is 4.99 Å². The first kappa shape index (κ1) is 16.4. The molecule has 0 aromatic rings. The summed E-state index contributed by atoms with van der Waals surface area (Å²) in [5.74, 6) is 2.37. The molecular formula is C17H31N3OS. The predicted octanol–water partition coefficient (Wildman–Crippen LogP) is 2.74. The average molecular weight is 326 g/mol. The van der Waals surface area contributed by atoms with Crippen LogP contribution in [-0.4, -0.2) is 60.8 Å². The molecule has 3 fully saturated rings. The van der Waals surface area contributed by atoms with E-state index >= 15 is 0 Å². The minimum Gasteiger partial charge on any atom is -0.380 e. The Morgan fingerprint density at radius 2 is 2.05 bits per heavy atom. The lowest BCUT2D eigenvalue weighted by Gasteiger charge is -2.46. The Morgan fingerprint density at radius 1 is 1.27 bits per heavy atom. The van der Waals surface area contributed by atoms with Crippen LogP contribution in [0.2, 0.25) is 0 Å². The quantitative estimate of drug-likeness (QED) is 0.639. The number of rotatable bonds is 3. The monoisotopic (exact) mass is 325 g/mol. The Labute approximate surface area is 139 Å². The zero-order valence-corrected chi connectivity index (χ0v) is 15.0. The van der Waals surface area contributed by atoms with Crippen LogP contribution < -0.4 is 5.32 Å². The fraction of sp³-hybridized carbons (Fsp3) is 0.941. The summed E-state index contributed by atoms with van der Waals surface area (Å²) in [7, 11) is 0. The molecule has 5 heteroatoms. The molecule has 0 atom stereocenters. The molecule has 2 aliphatic heterocycles. The lowest BCUT2D eigenvalue weighted by atomic mass is 9.87. The Kier molecular flexibility index (Phi) is 5.23. The van der Waals surface area contributed by atoms with Crippen LogP contribution in [0.5, 0.6) is 0 Å². The molecule has 1 saturated carbocycles. The minimum atomic E-state index is 0.258. The number of nitrogens with zero attached hydrogens (tertiary/aromatic N) is 2. The highest BCUT2D eigenvalue weighted by molar-refractivity contribution is 8.00. The van der Waals surface area contributed by atoms with Gasteiger partial charge in [0.15, 0.2) is 5.96 Å². The maximum absolute atomic E-state index is 5.36. The van der Waals surface area contributed by atoms with E-state index in [-0.39, 0.29) is 5.41 Å². The van der Waals surface area contributed by atoms with Gasteiger partial charge in [-0.1, -0.05) is 26.2 Å². The van der Waals surface area contributed by atoms with Crippen molar-refractivity contribution in [2.24, 2.45) is 10.4 Å². The zero-order chi connectivity index (χ0) is 15.5. The Bertz CT molecular complexity index is 397. The molecule has 0 bridgehead atoms. The molecule has 0 unspecified atom stereocenters. The van der Waals surface area contributed by atoms with E-state index in [9.17, 15) is 0 Å². The van der Waals surface area contributed by atoms with Crippen molar-refractivity contribution >= 4 is 17.7 Å².